The van der Waals surface area contributed by atoms with Gasteiger partial charge in [-0.3, -0.25) is 9.59 Å². The molecule has 1 heterocycles. The fraction of sp³-hybridized carbons (Fsp3) is 0.263. The Bertz CT molecular complexity index is 730. The molecule has 2 aromatic rings. The lowest BCUT2D eigenvalue weighted by Gasteiger charge is -2.15. The predicted molar refractivity (Wildman–Crippen MR) is 91.9 cm³/mol. The Morgan fingerprint density at radius 2 is 1.88 bits per heavy atom. The van der Waals surface area contributed by atoms with Crippen LogP contribution in [0.15, 0.2) is 54.6 Å². The summed E-state index contributed by atoms with van der Waals surface area (Å²) in [5, 5.41) is 2.90. The van der Waals surface area contributed by atoms with Gasteiger partial charge in [0.1, 0.15) is 5.75 Å². The Morgan fingerprint density at radius 3 is 2.58 bits per heavy atom. The minimum absolute atomic E-state index is 0.0338. The van der Waals surface area contributed by atoms with E-state index >= 15 is 0 Å². The first-order valence-corrected chi connectivity index (χ1v) is 8.08. The third kappa shape index (κ3) is 3.56. The number of ether oxygens (including phenoxy) is 1. The van der Waals surface area contributed by atoms with Crippen LogP contribution in [0, 0.1) is 5.92 Å². The number of amides is 2. The van der Waals surface area contributed by atoms with Crippen LogP contribution in [-0.4, -0.2) is 29.8 Å². The lowest BCUT2D eigenvalue weighted by molar-refractivity contribution is -0.128. The number of nitrogens with zero attached hydrogens (tertiary/aromatic N) is 1. The smallest absolute Gasteiger partial charge is 0.229 e. The first-order chi connectivity index (χ1) is 11.7. The van der Waals surface area contributed by atoms with Crippen LogP contribution in [0.3, 0.4) is 0 Å². The normalized spacial score (nSPS) is 17.0. The van der Waals surface area contributed by atoms with Gasteiger partial charge in [0.25, 0.3) is 0 Å². The Labute approximate surface area is 141 Å². The van der Waals surface area contributed by atoms with Crippen molar-refractivity contribution in [2.45, 2.75) is 13.3 Å². The molecule has 1 aliphatic rings. The Morgan fingerprint density at radius 1 is 1.17 bits per heavy atom. The molecule has 124 valence electrons. The lowest BCUT2D eigenvalue weighted by Crippen LogP contribution is -2.28. The van der Waals surface area contributed by atoms with Crippen molar-refractivity contribution in [2.75, 3.05) is 18.4 Å². The summed E-state index contributed by atoms with van der Waals surface area (Å²) in [5.41, 5.74) is 0.605. The number of rotatable bonds is 5. The summed E-state index contributed by atoms with van der Waals surface area (Å²) in [6.45, 7) is 3.03. The van der Waals surface area contributed by atoms with E-state index in [0.717, 1.165) is 0 Å². The SMILES string of the molecule is CCN1CC(C(=O)Nc2ccccc2Oc2ccccc2)CC1=O. The first kappa shape index (κ1) is 16.1. The second-order valence-corrected chi connectivity index (χ2v) is 5.73. The molecule has 1 aliphatic heterocycles. The summed E-state index contributed by atoms with van der Waals surface area (Å²) in [5.74, 6) is 0.846. The number of hydrogen-bond acceptors (Lipinski definition) is 3. The standard InChI is InChI=1S/C19H20N2O3/c1-2-21-13-14(12-18(21)22)19(23)20-16-10-6-7-11-17(16)24-15-8-4-3-5-9-15/h3-11,14H,2,12-13H2,1H3,(H,20,23). The van der Waals surface area contributed by atoms with Crippen molar-refractivity contribution in [1.82, 2.24) is 4.90 Å². The van der Waals surface area contributed by atoms with Gasteiger partial charge in [-0.2, -0.15) is 0 Å². The molecule has 0 aromatic heterocycles. The van der Waals surface area contributed by atoms with Gasteiger partial charge in [0.2, 0.25) is 11.8 Å². The fourth-order valence-corrected chi connectivity index (χ4v) is 2.76. The largest absolute Gasteiger partial charge is 0.455 e. The van der Waals surface area contributed by atoms with Crippen LogP contribution in [0.25, 0.3) is 0 Å². The number of benzene rings is 2. The summed E-state index contributed by atoms with van der Waals surface area (Å²) >= 11 is 0. The van der Waals surface area contributed by atoms with E-state index in [0.29, 0.717) is 30.3 Å². The third-order valence-electron chi connectivity index (χ3n) is 4.08. The summed E-state index contributed by atoms with van der Waals surface area (Å²) in [4.78, 5) is 26.0. The van der Waals surface area contributed by atoms with Crippen LogP contribution in [-0.2, 0) is 9.59 Å². The summed E-state index contributed by atoms with van der Waals surface area (Å²) in [7, 11) is 0. The van der Waals surface area contributed by atoms with Crippen LogP contribution in [0.1, 0.15) is 13.3 Å². The molecule has 5 heteroatoms. The predicted octanol–water partition coefficient (Wildman–Crippen LogP) is 3.29. The second kappa shape index (κ2) is 7.17. The van der Waals surface area contributed by atoms with Gasteiger partial charge in [0.15, 0.2) is 5.75 Å². The van der Waals surface area contributed by atoms with Gasteiger partial charge in [0, 0.05) is 19.5 Å². The molecule has 0 radical (unpaired) electrons. The topological polar surface area (TPSA) is 58.6 Å². The molecule has 0 saturated carbocycles. The van der Waals surface area contributed by atoms with Crippen molar-refractivity contribution in [3.8, 4) is 11.5 Å². The fourth-order valence-electron chi connectivity index (χ4n) is 2.76. The third-order valence-corrected chi connectivity index (χ3v) is 4.08. The number of para-hydroxylation sites is 3. The van der Waals surface area contributed by atoms with Crippen molar-refractivity contribution in [3.63, 3.8) is 0 Å². The zero-order chi connectivity index (χ0) is 16.9. The minimum atomic E-state index is -0.317. The van der Waals surface area contributed by atoms with Gasteiger partial charge in [-0.25, -0.2) is 0 Å². The maximum absolute atomic E-state index is 12.5. The molecule has 1 atom stereocenters. The molecule has 5 nitrogen and oxygen atoms in total. The van der Waals surface area contributed by atoms with Crippen LogP contribution < -0.4 is 10.1 Å². The highest BCUT2D eigenvalue weighted by Gasteiger charge is 2.33. The Hall–Kier alpha value is -2.82. The highest BCUT2D eigenvalue weighted by molar-refractivity contribution is 5.98. The molecular formula is C19H20N2O3. The molecule has 1 unspecified atom stereocenters. The van der Waals surface area contributed by atoms with E-state index < -0.39 is 0 Å². The van der Waals surface area contributed by atoms with E-state index in [1.54, 1.807) is 17.0 Å². The van der Waals surface area contributed by atoms with E-state index in [2.05, 4.69) is 5.32 Å². The van der Waals surface area contributed by atoms with Crippen molar-refractivity contribution in [1.29, 1.82) is 0 Å². The van der Waals surface area contributed by atoms with E-state index in [9.17, 15) is 9.59 Å². The average molecular weight is 324 g/mol. The van der Waals surface area contributed by atoms with E-state index in [1.165, 1.54) is 0 Å². The second-order valence-electron chi connectivity index (χ2n) is 5.73. The summed E-state index contributed by atoms with van der Waals surface area (Å²) in [6.07, 6.45) is 0.265. The average Bonchev–Trinajstić information content (AvgIpc) is 2.98. The molecule has 0 bridgehead atoms. The molecule has 2 amide bonds. The van der Waals surface area contributed by atoms with Crippen LogP contribution in [0.5, 0.6) is 11.5 Å². The maximum atomic E-state index is 12.5. The highest BCUT2D eigenvalue weighted by Crippen LogP contribution is 2.30. The molecule has 1 saturated heterocycles. The van der Waals surface area contributed by atoms with Crippen LogP contribution in [0.4, 0.5) is 5.69 Å². The van der Waals surface area contributed by atoms with Crippen molar-refractivity contribution >= 4 is 17.5 Å². The van der Waals surface area contributed by atoms with Gasteiger partial charge >= 0.3 is 0 Å². The Kier molecular flexibility index (Phi) is 4.79. The molecular weight excluding hydrogens is 304 g/mol. The van der Waals surface area contributed by atoms with Gasteiger partial charge in [-0.15, -0.1) is 0 Å². The molecule has 24 heavy (non-hydrogen) atoms. The lowest BCUT2D eigenvalue weighted by atomic mass is 10.1. The van der Waals surface area contributed by atoms with Gasteiger partial charge < -0.3 is 15.0 Å². The highest BCUT2D eigenvalue weighted by atomic mass is 16.5. The molecule has 3 rings (SSSR count). The zero-order valence-corrected chi connectivity index (χ0v) is 13.6. The number of carbonyl (C=O) groups is 2. The molecule has 1 N–H and O–H groups in total. The van der Waals surface area contributed by atoms with E-state index in [-0.39, 0.29) is 24.2 Å². The molecule has 1 fully saturated rings. The van der Waals surface area contributed by atoms with Crippen molar-refractivity contribution in [2.24, 2.45) is 5.92 Å². The number of carbonyl (C=O) groups excluding carboxylic acids is 2. The van der Waals surface area contributed by atoms with E-state index in [4.69, 9.17) is 4.74 Å². The maximum Gasteiger partial charge on any atom is 0.229 e. The quantitative estimate of drug-likeness (QED) is 0.918. The molecule has 0 spiro atoms. The van der Waals surface area contributed by atoms with Gasteiger partial charge in [0.05, 0.1) is 11.6 Å². The summed E-state index contributed by atoms with van der Waals surface area (Å²) in [6, 6.07) is 16.7. The zero-order valence-electron chi connectivity index (χ0n) is 13.6. The van der Waals surface area contributed by atoms with Gasteiger partial charge in [-0.1, -0.05) is 30.3 Å². The van der Waals surface area contributed by atoms with Crippen molar-refractivity contribution < 1.29 is 14.3 Å². The monoisotopic (exact) mass is 324 g/mol. The number of likely N-dealkylation sites (tertiary alicyclic amines) is 1. The van der Waals surface area contributed by atoms with Crippen LogP contribution in [0.2, 0.25) is 0 Å². The van der Waals surface area contributed by atoms with E-state index in [1.807, 2.05) is 49.4 Å². The summed E-state index contributed by atoms with van der Waals surface area (Å²) < 4.78 is 5.84. The molecule has 2 aromatic carbocycles. The molecule has 0 aliphatic carbocycles. The number of nitrogens with one attached hydrogen (secondary N) is 1. The Balaban J connectivity index is 1.71. The first-order valence-electron chi connectivity index (χ1n) is 8.08. The minimum Gasteiger partial charge on any atom is -0.455 e. The van der Waals surface area contributed by atoms with Crippen molar-refractivity contribution in [3.05, 3.63) is 54.6 Å². The van der Waals surface area contributed by atoms with Crippen LogP contribution >= 0.6 is 0 Å². The number of hydrogen-bond donors (Lipinski definition) is 1. The number of anilines is 1. The van der Waals surface area contributed by atoms with Gasteiger partial charge in [-0.05, 0) is 31.2 Å².